The summed E-state index contributed by atoms with van der Waals surface area (Å²) in [7, 11) is 0. The van der Waals surface area contributed by atoms with Crippen molar-refractivity contribution in [2.75, 3.05) is 6.54 Å². The van der Waals surface area contributed by atoms with Crippen LogP contribution in [0.15, 0.2) is 34.7 Å². The number of para-hydroxylation sites is 1. The summed E-state index contributed by atoms with van der Waals surface area (Å²) < 4.78 is 6.08. The van der Waals surface area contributed by atoms with Gasteiger partial charge in [-0.05, 0) is 37.9 Å². The third kappa shape index (κ3) is 2.69. The Morgan fingerprint density at radius 1 is 1.21 bits per heavy atom. The first kappa shape index (κ1) is 12.7. The zero-order valence-electron chi connectivity index (χ0n) is 11.7. The van der Waals surface area contributed by atoms with Crippen molar-refractivity contribution >= 4 is 11.0 Å². The minimum Gasteiger partial charge on any atom is -0.461 e. The number of rotatable bonds is 4. The fraction of sp³-hybridized carbons (Fsp3) is 0.529. The van der Waals surface area contributed by atoms with Crippen molar-refractivity contribution in [1.82, 2.24) is 5.32 Å². The molecule has 2 nitrogen and oxygen atoms in total. The van der Waals surface area contributed by atoms with Crippen molar-refractivity contribution in [1.29, 1.82) is 0 Å². The number of fused-ring (bicyclic) bond motifs is 1. The average Bonchev–Trinajstić information content (AvgIpc) is 2.89. The van der Waals surface area contributed by atoms with Crippen molar-refractivity contribution in [2.24, 2.45) is 0 Å². The molecule has 1 heterocycles. The summed E-state index contributed by atoms with van der Waals surface area (Å²) in [6.07, 6.45) is 6.40. The third-order valence-corrected chi connectivity index (χ3v) is 4.23. The quantitative estimate of drug-likeness (QED) is 0.875. The topological polar surface area (TPSA) is 25.2 Å². The maximum Gasteiger partial charge on any atom is 0.134 e. The predicted octanol–water partition coefficient (Wildman–Crippen LogP) is 4.46. The summed E-state index contributed by atoms with van der Waals surface area (Å²) in [5.41, 5.74) is 1.03. The molecule has 0 aliphatic heterocycles. The molecule has 1 aromatic heterocycles. The molecule has 0 amide bonds. The molecule has 0 saturated heterocycles. The van der Waals surface area contributed by atoms with Gasteiger partial charge in [0, 0.05) is 17.3 Å². The Hall–Kier alpha value is -1.28. The second kappa shape index (κ2) is 5.79. The fourth-order valence-corrected chi connectivity index (χ4v) is 3.23. The van der Waals surface area contributed by atoms with Crippen LogP contribution >= 0.6 is 0 Å². The highest BCUT2D eigenvalue weighted by molar-refractivity contribution is 5.77. The van der Waals surface area contributed by atoms with E-state index < -0.39 is 0 Å². The van der Waals surface area contributed by atoms with E-state index in [1.54, 1.807) is 0 Å². The molecule has 2 aromatic rings. The summed E-state index contributed by atoms with van der Waals surface area (Å²) in [4.78, 5) is 0. The molecule has 1 aliphatic carbocycles. The Morgan fingerprint density at radius 3 is 2.89 bits per heavy atom. The lowest BCUT2D eigenvalue weighted by molar-refractivity contribution is 0.297. The van der Waals surface area contributed by atoms with Crippen LogP contribution in [0.5, 0.6) is 0 Å². The van der Waals surface area contributed by atoms with Crippen molar-refractivity contribution < 1.29 is 4.42 Å². The standard InChI is InChI=1S/C17H23NO/c1-2-11-18-15-9-5-4-8-14(15)17-12-13-7-3-6-10-16(13)19-17/h3,6-7,10,12,14-15,18H,2,4-5,8-9,11H2,1H3. The van der Waals surface area contributed by atoms with E-state index in [-0.39, 0.29) is 0 Å². The first-order valence-electron chi connectivity index (χ1n) is 7.60. The van der Waals surface area contributed by atoms with Crippen molar-refractivity contribution in [3.63, 3.8) is 0 Å². The maximum atomic E-state index is 6.08. The molecule has 19 heavy (non-hydrogen) atoms. The minimum absolute atomic E-state index is 0.549. The lowest BCUT2D eigenvalue weighted by Gasteiger charge is -2.31. The van der Waals surface area contributed by atoms with Gasteiger partial charge in [-0.3, -0.25) is 0 Å². The van der Waals surface area contributed by atoms with Crippen molar-refractivity contribution in [3.05, 3.63) is 36.1 Å². The molecule has 0 radical (unpaired) electrons. The first-order valence-corrected chi connectivity index (χ1v) is 7.60. The minimum atomic E-state index is 0.549. The van der Waals surface area contributed by atoms with Gasteiger partial charge in [-0.1, -0.05) is 38.0 Å². The van der Waals surface area contributed by atoms with Gasteiger partial charge in [0.05, 0.1) is 0 Å². The summed E-state index contributed by atoms with van der Waals surface area (Å²) in [5, 5.41) is 4.94. The van der Waals surface area contributed by atoms with Crippen LogP contribution in [-0.2, 0) is 0 Å². The van der Waals surface area contributed by atoms with Gasteiger partial charge in [-0.2, -0.15) is 0 Å². The van der Waals surface area contributed by atoms with Gasteiger partial charge in [0.15, 0.2) is 0 Å². The normalized spacial score (nSPS) is 23.8. The van der Waals surface area contributed by atoms with Crippen molar-refractivity contribution in [2.45, 2.75) is 51.0 Å². The number of benzene rings is 1. The van der Waals surface area contributed by atoms with Crippen molar-refractivity contribution in [3.8, 4) is 0 Å². The van der Waals surface area contributed by atoms with Crippen LogP contribution < -0.4 is 5.32 Å². The van der Waals surface area contributed by atoms with E-state index in [0.717, 1.165) is 12.1 Å². The van der Waals surface area contributed by atoms with E-state index in [4.69, 9.17) is 4.42 Å². The summed E-state index contributed by atoms with van der Waals surface area (Å²) in [5.74, 6) is 1.72. The highest BCUT2D eigenvalue weighted by atomic mass is 16.3. The smallest absolute Gasteiger partial charge is 0.134 e. The monoisotopic (exact) mass is 257 g/mol. The second-order valence-corrected chi connectivity index (χ2v) is 5.64. The molecule has 1 saturated carbocycles. The number of hydrogen-bond acceptors (Lipinski definition) is 2. The molecule has 102 valence electrons. The van der Waals surface area contributed by atoms with Gasteiger partial charge in [0.25, 0.3) is 0 Å². The van der Waals surface area contributed by atoms with E-state index in [1.165, 1.54) is 43.3 Å². The average molecular weight is 257 g/mol. The molecule has 2 unspecified atom stereocenters. The highest BCUT2D eigenvalue weighted by Crippen LogP contribution is 2.35. The van der Waals surface area contributed by atoms with Gasteiger partial charge in [-0.15, -0.1) is 0 Å². The summed E-state index contributed by atoms with van der Waals surface area (Å²) in [6.45, 7) is 3.34. The van der Waals surface area contributed by atoms with E-state index in [1.807, 2.05) is 6.07 Å². The third-order valence-electron chi connectivity index (χ3n) is 4.23. The van der Waals surface area contributed by atoms with Gasteiger partial charge in [0.2, 0.25) is 0 Å². The summed E-state index contributed by atoms with van der Waals surface area (Å²) in [6, 6.07) is 11.2. The molecule has 3 rings (SSSR count). The predicted molar refractivity (Wildman–Crippen MR) is 79.5 cm³/mol. The molecular formula is C17H23NO. The molecule has 1 N–H and O–H groups in total. The number of nitrogens with one attached hydrogen (secondary N) is 1. The first-order chi connectivity index (χ1) is 9.38. The Kier molecular flexibility index (Phi) is 3.88. The van der Waals surface area contributed by atoms with E-state index in [9.17, 15) is 0 Å². The maximum absolute atomic E-state index is 6.08. The molecule has 1 aromatic carbocycles. The molecule has 1 fully saturated rings. The van der Waals surface area contributed by atoms with Crippen LogP contribution in [0.3, 0.4) is 0 Å². The molecule has 0 bridgehead atoms. The van der Waals surface area contributed by atoms with Gasteiger partial charge < -0.3 is 9.73 Å². The van der Waals surface area contributed by atoms with E-state index in [2.05, 4.69) is 36.5 Å². The molecule has 1 aliphatic rings. The van der Waals surface area contributed by atoms with Gasteiger partial charge in [0.1, 0.15) is 11.3 Å². The van der Waals surface area contributed by atoms with Crippen LogP contribution in [0, 0.1) is 0 Å². The molecule has 0 spiro atoms. The van der Waals surface area contributed by atoms with Gasteiger partial charge in [-0.25, -0.2) is 0 Å². The van der Waals surface area contributed by atoms with Crippen LogP contribution in [-0.4, -0.2) is 12.6 Å². The number of furan rings is 1. The van der Waals surface area contributed by atoms with Crippen LogP contribution in [0.4, 0.5) is 0 Å². The van der Waals surface area contributed by atoms with E-state index >= 15 is 0 Å². The summed E-state index contributed by atoms with van der Waals surface area (Å²) >= 11 is 0. The van der Waals surface area contributed by atoms with Crippen LogP contribution in [0.1, 0.15) is 50.7 Å². The number of hydrogen-bond donors (Lipinski definition) is 1. The zero-order chi connectivity index (χ0) is 13.1. The molecular weight excluding hydrogens is 234 g/mol. The van der Waals surface area contributed by atoms with Crippen LogP contribution in [0.25, 0.3) is 11.0 Å². The SMILES string of the molecule is CCCNC1CCCCC1c1cc2ccccc2o1. The molecule has 2 atom stereocenters. The second-order valence-electron chi connectivity index (χ2n) is 5.64. The Balaban J connectivity index is 1.84. The fourth-order valence-electron chi connectivity index (χ4n) is 3.23. The van der Waals surface area contributed by atoms with Gasteiger partial charge >= 0.3 is 0 Å². The lowest BCUT2D eigenvalue weighted by Crippen LogP contribution is -2.37. The zero-order valence-corrected chi connectivity index (χ0v) is 11.7. The Morgan fingerprint density at radius 2 is 2.05 bits per heavy atom. The Labute approximate surface area is 115 Å². The van der Waals surface area contributed by atoms with E-state index in [0.29, 0.717) is 12.0 Å². The largest absolute Gasteiger partial charge is 0.461 e. The highest BCUT2D eigenvalue weighted by Gasteiger charge is 2.28. The lowest BCUT2D eigenvalue weighted by atomic mass is 9.83. The van der Waals surface area contributed by atoms with Crippen LogP contribution in [0.2, 0.25) is 0 Å². The molecule has 2 heteroatoms. The Bertz CT molecular complexity index is 498.